The van der Waals surface area contributed by atoms with Crippen LogP contribution in [0.3, 0.4) is 0 Å². The molecule has 2 unspecified atom stereocenters. The summed E-state index contributed by atoms with van der Waals surface area (Å²) >= 11 is 0. The highest BCUT2D eigenvalue weighted by Gasteiger charge is 2.17. The molecule has 0 radical (unpaired) electrons. The Morgan fingerprint density at radius 1 is 1.41 bits per heavy atom. The first-order valence-electron chi connectivity index (χ1n) is 6.87. The van der Waals surface area contributed by atoms with Gasteiger partial charge in [-0.15, -0.1) is 0 Å². The standard InChI is InChI=1S/C15H24N2/c1-3-13-7-4-5-9-15(13)17-12(2)11-14-8-6-10-16-14/h4-5,7,9,12,14,16-17H,3,6,8,10-11H2,1-2H3. The number of hydrogen-bond acceptors (Lipinski definition) is 2. The molecule has 2 nitrogen and oxygen atoms in total. The van der Waals surface area contributed by atoms with Crippen LogP contribution in [0.5, 0.6) is 0 Å². The number of hydrogen-bond donors (Lipinski definition) is 2. The summed E-state index contributed by atoms with van der Waals surface area (Å²) in [5.41, 5.74) is 2.72. The quantitative estimate of drug-likeness (QED) is 0.814. The number of nitrogens with one attached hydrogen (secondary N) is 2. The summed E-state index contributed by atoms with van der Waals surface area (Å²) in [4.78, 5) is 0. The van der Waals surface area contributed by atoms with Crippen LogP contribution >= 0.6 is 0 Å². The molecule has 0 saturated carbocycles. The summed E-state index contributed by atoms with van der Waals surface area (Å²) in [6, 6.07) is 9.89. The van der Waals surface area contributed by atoms with Crippen LogP contribution in [0.15, 0.2) is 24.3 Å². The summed E-state index contributed by atoms with van der Waals surface area (Å²) in [6.07, 6.45) is 4.99. The average Bonchev–Trinajstić information content (AvgIpc) is 2.82. The van der Waals surface area contributed by atoms with Crippen molar-refractivity contribution >= 4 is 5.69 Å². The third-order valence-corrected chi connectivity index (χ3v) is 3.60. The van der Waals surface area contributed by atoms with Crippen molar-refractivity contribution in [2.75, 3.05) is 11.9 Å². The average molecular weight is 232 g/mol. The zero-order valence-electron chi connectivity index (χ0n) is 11.0. The van der Waals surface area contributed by atoms with Gasteiger partial charge in [-0.05, 0) is 50.8 Å². The Balaban J connectivity index is 1.90. The fourth-order valence-electron chi connectivity index (χ4n) is 2.68. The molecule has 0 spiro atoms. The lowest BCUT2D eigenvalue weighted by atomic mass is 10.1. The fourth-order valence-corrected chi connectivity index (χ4v) is 2.68. The minimum absolute atomic E-state index is 0.540. The van der Waals surface area contributed by atoms with Gasteiger partial charge in [-0.25, -0.2) is 0 Å². The molecular formula is C15H24N2. The van der Waals surface area contributed by atoms with E-state index in [4.69, 9.17) is 0 Å². The third-order valence-electron chi connectivity index (χ3n) is 3.60. The molecule has 1 aliphatic rings. The van der Waals surface area contributed by atoms with Crippen LogP contribution in [-0.2, 0) is 6.42 Å². The molecular weight excluding hydrogens is 208 g/mol. The number of benzene rings is 1. The second kappa shape index (κ2) is 6.06. The molecule has 2 N–H and O–H groups in total. The van der Waals surface area contributed by atoms with Gasteiger partial charge in [0, 0.05) is 17.8 Å². The van der Waals surface area contributed by atoms with Crippen molar-refractivity contribution in [1.82, 2.24) is 5.32 Å². The summed E-state index contributed by atoms with van der Waals surface area (Å²) in [5, 5.41) is 7.21. The van der Waals surface area contributed by atoms with Gasteiger partial charge in [-0.2, -0.15) is 0 Å². The monoisotopic (exact) mass is 232 g/mol. The highest BCUT2D eigenvalue weighted by atomic mass is 15.0. The van der Waals surface area contributed by atoms with E-state index >= 15 is 0 Å². The van der Waals surface area contributed by atoms with Gasteiger partial charge in [-0.3, -0.25) is 0 Å². The number of aryl methyl sites for hydroxylation is 1. The summed E-state index contributed by atoms with van der Waals surface area (Å²) in [6.45, 7) is 5.69. The Hall–Kier alpha value is -1.02. The molecule has 2 heteroatoms. The van der Waals surface area contributed by atoms with Gasteiger partial charge in [0.2, 0.25) is 0 Å². The molecule has 1 saturated heterocycles. The van der Waals surface area contributed by atoms with E-state index in [1.165, 1.54) is 37.1 Å². The predicted octanol–water partition coefficient (Wildman–Crippen LogP) is 3.19. The van der Waals surface area contributed by atoms with Gasteiger partial charge in [-0.1, -0.05) is 25.1 Å². The Kier molecular flexibility index (Phi) is 4.43. The molecule has 1 heterocycles. The normalized spacial score (nSPS) is 21.4. The number of anilines is 1. The van der Waals surface area contributed by atoms with Gasteiger partial charge in [0.15, 0.2) is 0 Å². The minimum Gasteiger partial charge on any atom is -0.382 e. The first-order valence-corrected chi connectivity index (χ1v) is 6.87. The van der Waals surface area contributed by atoms with E-state index in [2.05, 4.69) is 48.7 Å². The van der Waals surface area contributed by atoms with Gasteiger partial charge in [0.05, 0.1) is 0 Å². The third kappa shape index (κ3) is 3.47. The topological polar surface area (TPSA) is 24.1 Å². The molecule has 17 heavy (non-hydrogen) atoms. The molecule has 94 valence electrons. The zero-order chi connectivity index (χ0) is 12.1. The number of para-hydroxylation sites is 1. The fraction of sp³-hybridized carbons (Fsp3) is 0.600. The highest BCUT2D eigenvalue weighted by Crippen LogP contribution is 2.19. The lowest BCUT2D eigenvalue weighted by Gasteiger charge is -2.21. The molecule has 1 aromatic rings. The van der Waals surface area contributed by atoms with Crippen LogP contribution < -0.4 is 10.6 Å². The predicted molar refractivity (Wildman–Crippen MR) is 74.5 cm³/mol. The Bertz CT molecular complexity index is 343. The molecule has 0 aromatic heterocycles. The second-order valence-electron chi connectivity index (χ2n) is 5.09. The first-order chi connectivity index (χ1) is 8.29. The first kappa shape index (κ1) is 12.4. The lowest BCUT2D eigenvalue weighted by molar-refractivity contribution is 0.523. The van der Waals surface area contributed by atoms with Crippen molar-refractivity contribution in [3.63, 3.8) is 0 Å². The van der Waals surface area contributed by atoms with Crippen molar-refractivity contribution in [3.8, 4) is 0 Å². The van der Waals surface area contributed by atoms with Crippen LogP contribution in [0.1, 0.15) is 38.7 Å². The van der Waals surface area contributed by atoms with E-state index in [9.17, 15) is 0 Å². The molecule has 0 bridgehead atoms. The van der Waals surface area contributed by atoms with Crippen LogP contribution in [0.25, 0.3) is 0 Å². The van der Waals surface area contributed by atoms with E-state index in [-0.39, 0.29) is 0 Å². The minimum atomic E-state index is 0.540. The molecule has 1 aliphatic heterocycles. The van der Waals surface area contributed by atoms with E-state index in [1.54, 1.807) is 0 Å². The Morgan fingerprint density at radius 3 is 2.94 bits per heavy atom. The lowest BCUT2D eigenvalue weighted by Crippen LogP contribution is -2.29. The summed E-state index contributed by atoms with van der Waals surface area (Å²) in [5.74, 6) is 0. The van der Waals surface area contributed by atoms with Crippen molar-refractivity contribution in [1.29, 1.82) is 0 Å². The van der Waals surface area contributed by atoms with Gasteiger partial charge >= 0.3 is 0 Å². The van der Waals surface area contributed by atoms with Crippen LogP contribution in [-0.4, -0.2) is 18.6 Å². The van der Waals surface area contributed by atoms with Crippen molar-refractivity contribution in [2.24, 2.45) is 0 Å². The SMILES string of the molecule is CCc1ccccc1NC(C)CC1CCCN1. The maximum absolute atomic E-state index is 3.65. The Labute approximate surface area is 105 Å². The van der Waals surface area contributed by atoms with E-state index in [1.807, 2.05) is 0 Å². The van der Waals surface area contributed by atoms with E-state index in [0.29, 0.717) is 12.1 Å². The molecule has 1 fully saturated rings. The zero-order valence-corrected chi connectivity index (χ0v) is 11.0. The van der Waals surface area contributed by atoms with E-state index in [0.717, 1.165) is 6.42 Å². The van der Waals surface area contributed by atoms with Crippen molar-refractivity contribution < 1.29 is 0 Å². The van der Waals surface area contributed by atoms with Crippen LogP contribution in [0.2, 0.25) is 0 Å². The molecule has 0 amide bonds. The number of rotatable bonds is 5. The Morgan fingerprint density at radius 2 is 2.24 bits per heavy atom. The second-order valence-corrected chi connectivity index (χ2v) is 5.09. The van der Waals surface area contributed by atoms with E-state index < -0.39 is 0 Å². The summed E-state index contributed by atoms with van der Waals surface area (Å²) in [7, 11) is 0. The molecule has 2 atom stereocenters. The summed E-state index contributed by atoms with van der Waals surface area (Å²) < 4.78 is 0. The molecule has 2 rings (SSSR count). The smallest absolute Gasteiger partial charge is 0.0374 e. The highest BCUT2D eigenvalue weighted by molar-refractivity contribution is 5.51. The maximum Gasteiger partial charge on any atom is 0.0374 e. The molecule has 1 aromatic carbocycles. The van der Waals surface area contributed by atoms with Gasteiger partial charge in [0.1, 0.15) is 0 Å². The van der Waals surface area contributed by atoms with Crippen LogP contribution in [0.4, 0.5) is 5.69 Å². The van der Waals surface area contributed by atoms with Crippen molar-refractivity contribution in [3.05, 3.63) is 29.8 Å². The van der Waals surface area contributed by atoms with Gasteiger partial charge < -0.3 is 10.6 Å². The van der Waals surface area contributed by atoms with Gasteiger partial charge in [0.25, 0.3) is 0 Å². The molecule has 0 aliphatic carbocycles. The van der Waals surface area contributed by atoms with Crippen molar-refractivity contribution in [2.45, 2.75) is 51.6 Å². The maximum atomic E-state index is 3.65. The van der Waals surface area contributed by atoms with Crippen LogP contribution in [0, 0.1) is 0 Å². The largest absolute Gasteiger partial charge is 0.382 e.